The molecule has 0 aromatic heterocycles. The Balaban J connectivity index is 1.59. The van der Waals surface area contributed by atoms with Gasteiger partial charge >= 0.3 is 5.97 Å². The second kappa shape index (κ2) is 4.09. The summed E-state index contributed by atoms with van der Waals surface area (Å²) in [7, 11) is 0. The van der Waals surface area contributed by atoms with Crippen LogP contribution in [-0.4, -0.2) is 36.6 Å². The fourth-order valence-electron chi connectivity index (χ4n) is 1.79. The minimum atomic E-state index is -0.00111. The molecule has 13 heavy (non-hydrogen) atoms. The Bertz CT molecular complexity index is 183. The fourth-order valence-corrected chi connectivity index (χ4v) is 1.79. The highest BCUT2D eigenvalue weighted by Crippen LogP contribution is 2.21. The van der Waals surface area contributed by atoms with E-state index in [0.29, 0.717) is 6.42 Å². The molecule has 0 spiro atoms. The van der Waals surface area contributed by atoms with Crippen LogP contribution in [0.3, 0.4) is 0 Å². The lowest BCUT2D eigenvalue weighted by Gasteiger charge is -2.10. The monoisotopic (exact) mass is 183 g/mol. The van der Waals surface area contributed by atoms with Crippen LogP contribution < -0.4 is 0 Å². The summed E-state index contributed by atoms with van der Waals surface area (Å²) in [6, 6.07) is 0. The van der Waals surface area contributed by atoms with E-state index in [-0.39, 0.29) is 12.1 Å². The molecule has 1 aliphatic carbocycles. The average Bonchev–Trinajstić information content (AvgIpc) is 2.82. The van der Waals surface area contributed by atoms with Crippen LogP contribution in [0.5, 0.6) is 0 Å². The molecule has 0 atom stereocenters. The van der Waals surface area contributed by atoms with E-state index in [1.165, 1.54) is 12.8 Å². The van der Waals surface area contributed by atoms with Gasteiger partial charge < -0.3 is 9.64 Å². The highest BCUT2D eigenvalue weighted by Gasteiger charge is 2.21. The molecule has 0 aromatic rings. The Labute approximate surface area is 79.0 Å². The van der Waals surface area contributed by atoms with Gasteiger partial charge in [0, 0.05) is 19.6 Å². The van der Waals surface area contributed by atoms with Crippen molar-refractivity contribution in [3.8, 4) is 0 Å². The number of rotatable bonds is 4. The van der Waals surface area contributed by atoms with E-state index < -0.39 is 0 Å². The minimum absolute atomic E-state index is 0.00111. The largest absolute Gasteiger partial charge is 0.462 e. The first kappa shape index (κ1) is 9.00. The van der Waals surface area contributed by atoms with Crippen molar-refractivity contribution in [3.05, 3.63) is 0 Å². The third-order valence-corrected chi connectivity index (χ3v) is 2.77. The van der Waals surface area contributed by atoms with E-state index in [1.807, 2.05) is 0 Å². The smallest absolute Gasteiger partial charge is 0.307 e. The first-order chi connectivity index (χ1) is 6.34. The van der Waals surface area contributed by atoms with E-state index in [2.05, 4.69) is 4.90 Å². The molecular formula is C10H17NO2. The molecule has 0 aromatic carbocycles. The molecule has 0 radical (unpaired) electrons. The summed E-state index contributed by atoms with van der Waals surface area (Å²) in [5.74, 6) is -0.00111. The number of carbonyl (C=O) groups excluding carboxylic acids is 1. The van der Waals surface area contributed by atoms with Crippen molar-refractivity contribution in [2.45, 2.75) is 38.2 Å². The van der Waals surface area contributed by atoms with Crippen molar-refractivity contribution in [2.24, 2.45) is 0 Å². The van der Waals surface area contributed by atoms with Crippen molar-refractivity contribution >= 4 is 5.97 Å². The van der Waals surface area contributed by atoms with Crippen molar-refractivity contribution < 1.29 is 9.53 Å². The molecule has 1 aliphatic heterocycles. The fraction of sp³-hybridized carbons (Fsp3) is 0.900. The molecule has 3 heteroatoms. The Morgan fingerprint density at radius 1 is 1.31 bits per heavy atom. The van der Waals surface area contributed by atoms with Gasteiger partial charge in [0.15, 0.2) is 0 Å². The first-order valence-corrected chi connectivity index (χ1v) is 5.26. The van der Waals surface area contributed by atoms with Crippen LogP contribution in [0.15, 0.2) is 0 Å². The highest BCUT2D eigenvalue weighted by atomic mass is 16.5. The summed E-state index contributed by atoms with van der Waals surface area (Å²) in [5, 5.41) is 0. The van der Waals surface area contributed by atoms with E-state index in [9.17, 15) is 4.79 Å². The number of esters is 1. The molecule has 1 saturated heterocycles. The van der Waals surface area contributed by atoms with Gasteiger partial charge in [0.05, 0.1) is 6.42 Å². The number of nitrogens with zero attached hydrogens (tertiary/aromatic N) is 1. The average molecular weight is 183 g/mol. The van der Waals surface area contributed by atoms with Crippen LogP contribution in [0.2, 0.25) is 0 Å². The van der Waals surface area contributed by atoms with Gasteiger partial charge in [-0.2, -0.15) is 0 Å². The Kier molecular flexibility index (Phi) is 2.83. The van der Waals surface area contributed by atoms with Gasteiger partial charge in [-0.25, -0.2) is 0 Å². The van der Waals surface area contributed by atoms with Gasteiger partial charge in [-0.15, -0.1) is 0 Å². The van der Waals surface area contributed by atoms with Crippen molar-refractivity contribution in [2.75, 3.05) is 19.6 Å². The van der Waals surface area contributed by atoms with E-state index >= 15 is 0 Å². The molecule has 2 aliphatic rings. The molecule has 0 N–H and O–H groups in total. The second-order valence-electron chi connectivity index (χ2n) is 3.99. The molecule has 0 unspecified atom stereocenters. The lowest BCUT2D eigenvalue weighted by molar-refractivity contribution is -0.148. The second-order valence-corrected chi connectivity index (χ2v) is 3.99. The maximum absolute atomic E-state index is 11.3. The normalized spacial score (nSPS) is 23.4. The van der Waals surface area contributed by atoms with E-state index in [4.69, 9.17) is 4.74 Å². The topological polar surface area (TPSA) is 29.3 Å². The summed E-state index contributed by atoms with van der Waals surface area (Å²) in [5.41, 5.74) is 0. The molecule has 0 bridgehead atoms. The molecular weight excluding hydrogens is 166 g/mol. The summed E-state index contributed by atoms with van der Waals surface area (Å²) in [6.07, 6.45) is 5.43. The summed E-state index contributed by atoms with van der Waals surface area (Å²) >= 11 is 0. The quantitative estimate of drug-likeness (QED) is 0.484. The van der Waals surface area contributed by atoms with Gasteiger partial charge in [0.1, 0.15) is 6.10 Å². The lowest BCUT2D eigenvalue weighted by Crippen LogP contribution is -2.17. The van der Waals surface area contributed by atoms with Gasteiger partial charge in [0.2, 0.25) is 0 Å². The highest BCUT2D eigenvalue weighted by molar-refractivity contribution is 5.69. The van der Waals surface area contributed by atoms with Crippen molar-refractivity contribution in [1.29, 1.82) is 0 Å². The van der Waals surface area contributed by atoms with Crippen molar-refractivity contribution in [1.82, 2.24) is 4.90 Å². The number of hydrogen-bond acceptors (Lipinski definition) is 3. The molecule has 74 valence electrons. The van der Waals surface area contributed by atoms with Crippen LogP contribution in [-0.2, 0) is 9.53 Å². The molecule has 1 heterocycles. The summed E-state index contributed by atoms with van der Waals surface area (Å²) in [6.45, 7) is 3.22. The van der Waals surface area contributed by atoms with Gasteiger partial charge in [0.25, 0.3) is 0 Å². The zero-order valence-corrected chi connectivity index (χ0v) is 8.00. The van der Waals surface area contributed by atoms with E-state index in [1.54, 1.807) is 0 Å². The van der Waals surface area contributed by atoms with Crippen LogP contribution in [0.25, 0.3) is 0 Å². The standard InChI is InChI=1S/C10H17NO2/c12-10(5-6-11-7-8-11)13-9-3-1-2-4-9/h9H,1-8H2. The van der Waals surface area contributed by atoms with Crippen molar-refractivity contribution in [3.63, 3.8) is 0 Å². The zero-order valence-electron chi connectivity index (χ0n) is 8.00. The van der Waals surface area contributed by atoms with Crippen LogP contribution in [0.4, 0.5) is 0 Å². The maximum Gasteiger partial charge on any atom is 0.307 e. The Hall–Kier alpha value is -0.570. The minimum Gasteiger partial charge on any atom is -0.462 e. The van der Waals surface area contributed by atoms with Crippen LogP contribution >= 0.6 is 0 Å². The number of ether oxygens (including phenoxy) is 1. The first-order valence-electron chi connectivity index (χ1n) is 5.26. The van der Waals surface area contributed by atoms with Gasteiger partial charge in [-0.05, 0) is 25.7 Å². The van der Waals surface area contributed by atoms with Crippen LogP contribution in [0, 0.1) is 0 Å². The van der Waals surface area contributed by atoms with Gasteiger partial charge in [-0.1, -0.05) is 0 Å². The molecule has 2 fully saturated rings. The summed E-state index contributed by atoms with van der Waals surface area (Å²) in [4.78, 5) is 13.5. The maximum atomic E-state index is 11.3. The third kappa shape index (κ3) is 2.99. The molecule has 0 amide bonds. The SMILES string of the molecule is O=C(CCN1CC1)OC1CCCC1. The molecule has 2 rings (SSSR count). The Morgan fingerprint density at radius 2 is 2.00 bits per heavy atom. The third-order valence-electron chi connectivity index (χ3n) is 2.77. The van der Waals surface area contributed by atoms with Crippen LogP contribution in [0.1, 0.15) is 32.1 Å². The number of carbonyl (C=O) groups is 1. The predicted octanol–water partition coefficient (Wildman–Crippen LogP) is 1.18. The number of hydrogen-bond donors (Lipinski definition) is 0. The van der Waals surface area contributed by atoms with E-state index in [0.717, 1.165) is 32.5 Å². The van der Waals surface area contributed by atoms with Gasteiger partial charge in [-0.3, -0.25) is 4.79 Å². The predicted molar refractivity (Wildman–Crippen MR) is 49.4 cm³/mol. The lowest BCUT2D eigenvalue weighted by atomic mass is 10.3. The molecule has 1 saturated carbocycles. The summed E-state index contributed by atoms with van der Waals surface area (Å²) < 4.78 is 5.32. The molecule has 3 nitrogen and oxygen atoms in total. The zero-order chi connectivity index (χ0) is 9.10. The Morgan fingerprint density at radius 3 is 2.62 bits per heavy atom.